The number of nitrogens with one attached hydrogen (secondary N) is 1. The van der Waals surface area contributed by atoms with Crippen LogP contribution in [0.3, 0.4) is 0 Å². The molecule has 0 atom stereocenters. The van der Waals surface area contributed by atoms with Gasteiger partial charge in [-0.15, -0.1) is 0 Å². The summed E-state index contributed by atoms with van der Waals surface area (Å²) in [5.41, 5.74) is 2.05. The lowest BCUT2D eigenvalue weighted by Gasteiger charge is -2.31. The van der Waals surface area contributed by atoms with E-state index in [-0.39, 0.29) is 18.0 Å². The average molecular weight is 354 g/mol. The minimum atomic E-state index is -0.254. The van der Waals surface area contributed by atoms with Crippen LogP contribution in [0.4, 0.5) is 0 Å². The first-order valence-electron chi connectivity index (χ1n) is 9.17. The molecule has 0 bridgehead atoms. The monoisotopic (exact) mass is 354 g/mol. The highest BCUT2D eigenvalue weighted by Crippen LogP contribution is 2.21. The molecule has 2 aromatic heterocycles. The van der Waals surface area contributed by atoms with Crippen LogP contribution in [0.15, 0.2) is 35.1 Å². The van der Waals surface area contributed by atoms with Gasteiger partial charge in [0.25, 0.3) is 5.56 Å². The first-order chi connectivity index (χ1) is 12.6. The summed E-state index contributed by atoms with van der Waals surface area (Å²) in [6.07, 6.45) is 0. The normalized spacial score (nSPS) is 15.8. The summed E-state index contributed by atoms with van der Waals surface area (Å²) >= 11 is 0. The number of para-hydroxylation sites is 1. The van der Waals surface area contributed by atoms with Crippen molar-refractivity contribution in [2.75, 3.05) is 32.7 Å². The smallest absolute Gasteiger partial charge is 0.273 e. The number of hydrogen-bond donors (Lipinski definition) is 1. The standard InChI is InChI=1S/C19H23N5O2/c1-3-21-8-10-22(11-9-21)18(26)13-23-16-7-5-4-6-15(16)19-20-17(25)12-14(2)24(19)23/h4-7,12H,3,8-11,13H2,1-2H3/p+1. The Labute approximate surface area is 151 Å². The van der Waals surface area contributed by atoms with Crippen LogP contribution in [0, 0.1) is 6.92 Å². The van der Waals surface area contributed by atoms with Gasteiger partial charge in [0.05, 0.1) is 38.2 Å². The Morgan fingerprint density at radius 2 is 1.96 bits per heavy atom. The molecule has 7 heteroatoms. The number of fused-ring (bicyclic) bond motifs is 3. The fourth-order valence-electron chi connectivity index (χ4n) is 3.88. The van der Waals surface area contributed by atoms with Gasteiger partial charge in [0.15, 0.2) is 5.65 Å². The summed E-state index contributed by atoms with van der Waals surface area (Å²) in [6, 6.07) is 9.30. The number of aryl methyl sites for hydroxylation is 1. The zero-order valence-corrected chi connectivity index (χ0v) is 15.2. The predicted molar refractivity (Wildman–Crippen MR) is 99.5 cm³/mol. The third-order valence-corrected chi connectivity index (χ3v) is 5.36. The number of rotatable bonds is 3. The van der Waals surface area contributed by atoms with Crippen molar-refractivity contribution in [1.82, 2.24) is 19.1 Å². The van der Waals surface area contributed by atoms with Gasteiger partial charge in [0, 0.05) is 17.1 Å². The average Bonchev–Trinajstić information content (AvgIpc) is 2.96. The van der Waals surface area contributed by atoms with Crippen molar-refractivity contribution in [3.63, 3.8) is 0 Å². The first-order valence-corrected chi connectivity index (χ1v) is 9.17. The van der Waals surface area contributed by atoms with Gasteiger partial charge in [-0.2, -0.15) is 4.98 Å². The molecule has 1 aliphatic rings. The van der Waals surface area contributed by atoms with Crippen molar-refractivity contribution in [2.24, 2.45) is 0 Å². The van der Waals surface area contributed by atoms with Crippen molar-refractivity contribution < 1.29 is 9.69 Å². The van der Waals surface area contributed by atoms with Crippen LogP contribution in [0.25, 0.3) is 16.6 Å². The van der Waals surface area contributed by atoms with Crippen LogP contribution in [0.5, 0.6) is 0 Å². The van der Waals surface area contributed by atoms with E-state index in [0.29, 0.717) is 5.65 Å². The number of likely N-dealkylation sites (N-methyl/N-ethyl adjacent to an activating group) is 1. The van der Waals surface area contributed by atoms with E-state index in [9.17, 15) is 9.59 Å². The lowest BCUT2D eigenvalue weighted by Crippen LogP contribution is -3.14. The quantitative estimate of drug-likeness (QED) is 0.703. The zero-order chi connectivity index (χ0) is 18.3. The second-order valence-electron chi connectivity index (χ2n) is 6.93. The molecule has 4 rings (SSSR count). The van der Waals surface area contributed by atoms with Crippen molar-refractivity contribution in [2.45, 2.75) is 20.4 Å². The molecule has 1 N–H and O–H groups in total. The zero-order valence-electron chi connectivity index (χ0n) is 15.2. The van der Waals surface area contributed by atoms with Crippen molar-refractivity contribution in [1.29, 1.82) is 0 Å². The number of piperazine rings is 1. The van der Waals surface area contributed by atoms with E-state index in [1.165, 1.54) is 6.07 Å². The summed E-state index contributed by atoms with van der Waals surface area (Å²) in [7, 11) is 0. The molecule has 0 saturated carbocycles. The number of nitrogens with zero attached hydrogens (tertiary/aromatic N) is 4. The first kappa shape index (κ1) is 16.8. The van der Waals surface area contributed by atoms with E-state index >= 15 is 0 Å². The Morgan fingerprint density at radius 1 is 1.23 bits per heavy atom. The lowest BCUT2D eigenvalue weighted by molar-refractivity contribution is -0.902. The summed E-state index contributed by atoms with van der Waals surface area (Å²) < 4.78 is 3.82. The molecule has 1 fully saturated rings. The molecule has 1 aromatic carbocycles. The second kappa shape index (κ2) is 6.57. The fraction of sp³-hybridized carbons (Fsp3) is 0.421. The van der Waals surface area contributed by atoms with Crippen LogP contribution in [-0.4, -0.2) is 57.7 Å². The molecule has 3 aromatic rings. The van der Waals surface area contributed by atoms with Crippen LogP contribution >= 0.6 is 0 Å². The van der Waals surface area contributed by atoms with Crippen molar-refractivity contribution in [3.8, 4) is 0 Å². The molecule has 3 heterocycles. The second-order valence-corrected chi connectivity index (χ2v) is 6.93. The number of amides is 1. The van der Waals surface area contributed by atoms with Crippen LogP contribution < -0.4 is 10.5 Å². The number of hydrogen-bond acceptors (Lipinski definition) is 3. The molecule has 7 nitrogen and oxygen atoms in total. The number of aromatic nitrogens is 3. The molecule has 0 radical (unpaired) electrons. The Kier molecular flexibility index (Phi) is 4.24. The molecule has 1 aliphatic heterocycles. The molecule has 1 amide bonds. The van der Waals surface area contributed by atoms with E-state index in [1.807, 2.05) is 45.3 Å². The highest BCUT2D eigenvalue weighted by Gasteiger charge is 2.24. The summed E-state index contributed by atoms with van der Waals surface area (Å²) in [5.74, 6) is 0.112. The van der Waals surface area contributed by atoms with Gasteiger partial charge >= 0.3 is 0 Å². The third-order valence-electron chi connectivity index (χ3n) is 5.36. The van der Waals surface area contributed by atoms with Gasteiger partial charge < -0.3 is 9.80 Å². The molecule has 136 valence electrons. The van der Waals surface area contributed by atoms with Crippen LogP contribution in [0.1, 0.15) is 12.6 Å². The lowest BCUT2D eigenvalue weighted by atomic mass is 10.2. The molecule has 26 heavy (non-hydrogen) atoms. The van der Waals surface area contributed by atoms with E-state index in [0.717, 1.165) is 49.3 Å². The SMILES string of the molecule is CC[NH+]1CCN(C(=O)Cn2c3ccccc3c3nc(=O)cc(C)n32)CC1. The molecule has 0 spiro atoms. The van der Waals surface area contributed by atoms with Crippen molar-refractivity contribution >= 4 is 22.5 Å². The van der Waals surface area contributed by atoms with E-state index in [4.69, 9.17) is 0 Å². The maximum atomic E-state index is 12.9. The molecular formula is C19H24N5O2+. The minimum absolute atomic E-state index is 0.112. The molecule has 0 unspecified atom stereocenters. The Bertz CT molecular complexity index is 1030. The van der Waals surface area contributed by atoms with Crippen LogP contribution in [0.2, 0.25) is 0 Å². The number of quaternary nitrogens is 1. The maximum absolute atomic E-state index is 12.9. The number of carbonyl (C=O) groups excluding carboxylic acids is 1. The summed E-state index contributed by atoms with van der Waals surface area (Å²) in [6.45, 7) is 9.01. The van der Waals surface area contributed by atoms with Gasteiger partial charge in [-0.05, 0) is 26.0 Å². The van der Waals surface area contributed by atoms with Gasteiger partial charge in [0.2, 0.25) is 5.91 Å². The topological polar surface area (TPSA) is 64.0 Å². The van der Waals surface area contributed by atoms with Gasteiger partial charge in [-0.25, -0.2) is 4.52 Å². The highest BCUT2D eigenvalue weighted by atomic mass is 16.2. The highest BCUT2D eigenvalue weighted by molar-refractivity contribution is 5.93. The third kappa shape index (κ3) is 2.78. The van der Waals surface area contributed by atoms with E-state index in [1.54, 1.807) is 4.90 Å². The van der Waals surface area contributed by atoms with Crippen molar-refractivity contribution in [3.05, 3.63) is 46.4 Å². The number of benzene rings is 1. The Balaban J connectivity index is 1.74. The van der Waals surface area contributed by atoms with E-state index in [2.05, 4.69) is 11.9 Å². The van der Waals surface area contributed by atoms with Crippen LogP contribution in [-0.2, 0) is 11.3 Å². The summed E-state index contributed by atoms with van der Waals surface area (Å²) in [5, 5.41) is 0.890. The summed E-state index contributed by atoms with van der Waals surface area (Å²) in [4.78, 5) is 32.5. The van der Waals surface area contributed by atoms with E-state index < -0.39 is 0 Å². The van der Waals surface area contributed by atoms with Gasteiger partial charge in [0.1, 0.15) is 6.54 Å². The maximum Gasteiger partial charge on any atom is 0.273 e. The molecule has 1 saturated heterocycles. The Hall–Kier alpha value is -2.67. The molecule has 0 aliphatic carbocycles. The van der Waals surface area contributed by atoms with Gasteiger partial charge in [-0.3, -0.25) is 14.3 Å². The fourth-order valence-corrected chi connectivity index (χ4v) is 3.88. The Morgan fingerprint density at radius 3 is 2.69 bits per heavy atom. The molecular weight excluding hydrogens is 330 g/mol. The number of carbonyl (C=O) groups is 1. The predicted octanol–water partition coefficient (Wildman–Crippen LogP) is -0.295. The minimum Gasteiger partial charge on any atom is -0.332 e. The van der Waals surface area contributed by atoms with Gasteiger partial charge in [-0.1, -0.05) is 12.1 Å². The largest absolute Gasteiger partial charge is 0.332 e.